The van der Waals surface area contributed by atoms with Crippen LogP contribution in [0.25, 0.3) is 16.2 Å². The molecular weight excluding hydrogens is 355 g/mol. The number of methoxy groups -OCH3 is 1. The average Bonchev–Trinajstić information content (AvgIpc) is 3.12. The minimum Gasteiger partial charge on any atom is -0.383 e. The van der Waals surface area contributed by atoms with Gasteiger partial charge in [0.2, 0.25) is 0 Å². The van der Waals surface area contributed by atoms with Crippen LogP contribution in [0.5, 0.6) is 0 Å². The van der Waals surface area contributed by atoms with Gasteiger partial charge in [-0.1, -0.05) is 11.3 Å². The summed E-state index contributed by atoms with van der Waals surface area (Å²) in [4.78, 5) is 20.0. The number of fused-ring (bicyclic) bond motifs is 1. The van der Waals surface area contributed by atoms with E-state index in [2.05, 4.69) is 5.32 Å². The van der Waals surface area contributed by atoms with Gasteiger partial charge in [0.25, 0.3) is 5.91 Å². The fourth-order valence-electron chi connectivity index (χ4n) is 2.69. The summed E-state index contributed by atoms with van der Waals surface area (Å²) in [6.45, 7) is 3.02. The van der Waals surface area contributed by atoms with E-state index in [0.717, 1.165) is 22.8 Å². The van der Waals surface area contributed by atoms with E-state index in [4.69, 9.17) is 9.72 Å². The van der Waals surface area contributed by atoms with Crippen LogP contribution in [-0.4, -0.2) is 54.5 Å². The second-order valence-corrected chi connectivity index (χ2v) is 7.05. The van der Waals surface area contributed by atoms with E-state index in [0.29, 0.717) is 23.0 Å². The smallest absolute Gasteiger partial charge is 0.265 e. The number of rotatable bonds is 6. The van der Waals surface area contributed by atoms with Crippen molar-refractivity contribution in [2.24, 2.45) is 0 Å². The first-order chi connectivity index (χ1) is 12.4. The molecule has 0 fully saturated rings. The monoisotopic (exact) mass is 376 g/mol. The Morgan fingerprint density at radius 3 is 2.65 bits per heavy atom. The standard InChI is InChI=1S/C18H21FN4O2S/c1-11-15(17(24)22(2)3)26-18-21-14(12-5-7-13(19)8-6-12)16(23(11)18)20-9-10-25-4/h5-8,20H,9-10H2,1-4H3. The predicted molar refractivity (Wildman–Crippen MR) is 102 cm³/mol. The summed E-state index contributed by atoms with van der Waals surface area (Å²) >= 11 is 1.35. The summed E-state index contributed by atoms with van der Waals surface area (Å²) in [7, 11) is 5.09. The fourth-order valence-corrected chi connectivity index (χ4v) is 3.84. The van der Waals surface area contributed by atoms with Crippen molar-refractivity contribution in [3.63, 3.8) is 0 Å². The minimum absolute atomic E-state index is 0.0517. The number of aryl methyl sites for hydroxylation is 1. The van der Waals surface area contributed by atoms with Crippen molar-refractivity contribution in [3.05, 3.63) is 40.7 Å². The molecule has 0 aliphatic rings. The number of ether oxygens (including phenoxy) is 1. The molecular formula is C18H21FN4O2S. The van der Waals surface area contributed by atoms with Gasteiger partial charge >= 0.3 is 0 Å². The number of thiazole rings is 1. The van der Waals surface area contributed by atoms with Crippen LogP contribution >= 0.6 is 11.3 Å². The number of halogens is 1. The average molecular weight is 376 g/mol. The van der Waals surface area contributed by atoms with Crippen LogP contribution in [0.15, 0.2) is 24.3 Å². The SMILES string of the molecule is COCCNc1c(-c2ccc(F)cc2)nc2sc(C(=O)N(C)C)c(C)n12. The normalized spacial score (nSPS) is 11.1. The van der Waals surface area contributed by atoms with E-state index in [1.165, 1.54) is 23.5 Å². The predicted octanol–water partition coefficient (Wildman–Crippen LogP) is 3.27. The van der Waals surface area contributed by atoms with Gasteiger partial charge in [0.15, 0.2) is 4.96 Å². The zero-order valence-corrected chi connectivity index (χ0v) is 16.0. The van der Waals surface area contributed by atoms with Gasteiger partial charge in [-0.05, 0) is 31.2 Å². The largest absolute Gasteiger partial charge is 0.383 e. The number of imidazole rings is 1. The lowest BCUT2D eigenvalue weighted by atomic mass is 10.1. The molecule has 138 valence electrons. The number of anilines is 1. The highest BCUT2D eigenvalue weighted by molar-refractivity contribution is 7.19. The summed E-state index contributed by atoms with van der Waals surface area (Å²) in [6.07, 6.45) is 0. The first-order valence-electron chi connectivity index (χ1n) is 8.16. The van der Waals surface area contributed by atoms with Gasteiger partial charge in [-0.2, -0.15) is 0 Å². The zero-order chi connectivity index (χ0) is 18.8. The van der Waals surface area contributed by atoms with Crippen molar-refractivity contribution in [1.29, 1.82) is 0 Å². The molecule has 0 atom stereocenters. The van der Waals surface area contributed by atoms with Gasteiger partial charge in [0.05, 0.1) is 6.61 Å². The molecule has 0 radical (unpaired) electrons. The quantitative estimate of drug-likeness (QED) is 0.671. The molecule has 3 rings (SSSR count). The van der Waals surface area contributed by atoms with Crippen molar-refractivity contribution < 1.29 is 13.9 Å². The molecule has 1 amide bonds. The third kappa shape index (κ3) is 3.30. The molecule has 8 heteroatoms. The number of benzene rings is 1. The fraction of sp³-hybridized carbons (Fsp3) is 0.333. The van der Waals surface area contributed by atoms with Gasteiger partial charge in [-0.25, -0.2) is 9.37 Å². The van der Waals surface area contributed by atoms with E-state index in [-0.39, 0.29) is 11.7 Å². The number of aromatic nitrogens is 2. The Kier molecular flexibility index (Phi) is 5.24. The highest BCUT2D eigenvalue weighted by atomic mass is 32.1. The maximum Gasteiger partial charge on any atom is 0.265 e. The van der Waals surface area contributed by atoms with Crippen molar-refractivity contribution in [2.45, 2.75) is 6.92 Å². The van der Waals surface area contributed by atoms with Crippen LogP contribution in [0.2, 0.25) is 0 Å². The number of hydrogen-bond donors (Lipinski definition) is 1. The highest BCUT2D eigenvalue weighted by Crippen LogP contribution is 2.34. The number of nitrogens with zero attached hydrogens (tertiary/aromatic N) is 3. The topological polar surface area (TPSA) is 58.9 Å². The van der Waals surface area contributed by atoms with Crippen LogP contribution in [0.4, 0.5) is 10.2 Å². The van der Waals surface area contributed by atoms with E-state index in [1.807, 2.05) is 11.3 Å². The molecule has 1 aromatic carbocycles. The maximum absolute atomic E-state index is 13.3. The lowest BCUT2D eigenvalue weighted by Gasteiger charge is -2.11. The van der Waals surface area contributed by atoms with Crippen molar-refractivity contribution >= 4 is 28.0 Å². The summed E-state index contributed by atoms with van der Waals surface area (Å²) in [5.74, 6) is 0.429. The first kappa shape index (κ1) is 18.3. The summed E-state index contributed by atoms with van der Waals surface area (Å²) in [6, 6.07) is 6.22. The summed E-state index contributed by atoms with van der Waals surface area (Å²) in [5, 5.41) is 3.34. The van der Waals surface area contributed by atoms with Gasteiger partial charge in [0, 0.05) is 39.0 Å². The van der Waals surface area contributed by atoms with Crippen LogP contribution in [-0.2, 0) is 4.74 Å². The molecule has 0 saturated heterocycles. The van der Waals surface area contributed by atoms with Gasteiger partial charge in [0.1, 0.15) is 22.2 Å². The van der Waals surface area contributed by atoms with Gasteiger partial charge < -0.3 is 15.0 Å². The van der Waals surface area contributed by atoms with E-state index < -0.39 is 0 Å². The van der Waals surface area contributed by atoms with Crippen molar-refractivity contribution in [1.82, 2.24) is 14.3 Å². The molecule has 26 heavy (non-hydrogen) atoms. The Morgan fingerprint density at radius 2 is 2.04 bits per heavy atom. The molecule has 2 heterocycles. The molecule has 0 aliphatic heterocycles. The highest BCUT2D eigenvalue weighted by Gasteiger charge is 2.23. The number of hydrogen-bond acceptors (Lipinski definition) is 5. The Morgan fingerprint density at radius 1 is 1.35 bits per heavy atom. The molecule has 0 aliphatic carbocycles. The van der Waals surface area contributed by atoms with Crippen LogP contribution in [0, 0.1) is 12.7 Å². The summed E-state index contributed by atoms with van der Waals surface area (Å²) < 4.78 is 20.3. The third-order valence-corrected chi connectivity index (χ3v) is 5.15. The Balaban J connectivity index is 2.14. The molecule has 0 unspecified atom stereocenters. The lowest BCUT2D eigenvalue weighted by molar-refractivity contribution is 0.0831. The van der Waals surface area contributed by atoms with Crippen molar-refractivity contribution in [3.8, 4) is 11.3 Å². The second-order valence-electron chi connectivity index (χ2n) is 6.07. The summed E-state index contributed by atoms with van der Waals surface area (Å²) in [5.41, 5.74) is 2.35. The first-order valence-corrected chi connectivity index (χ1v) is 8.98. The van der Waals surface area contributed by atoms with E-state index >= 15 is 0 Å². The number of nitrogens with one attached hydrogen (secondary N) is 1. The number of carbonyl (C=O) groups is 1. The van der Waals surface area contributed by atoms with Crippen LogP contribution in [0.1, 0.15) is 15.4 Å². The lowest BCUT2D eigenvalue weighted by Crippen LogP contribution is -2.21. The number of carbonyl (C=O) groups excluding carboxylic acids is 1. The molecule has 0 spiro atoms. The molecule has 0 saturated carbocycles. The molecule has 0 bridgehead atoms. The van der Waals surface area contributed by atoms with Gasteiger partial charge in [-0.15, -0.1) is 0 Å². The van der Waals surface area contributed by atoms with Crippen LogP contribution < -0.4 is 5.32 Å². The Hall–Kier alpha value is -2.45. The number of amides is 1. The molecule has 2 aromatic heterocycles. The Bertz CT molecular complexity index is 931. The third-order valence-electron chi connectivity index (χ3n) is 4.02. The molecule has 3 aromatic rings. The van der Waals surface area contributed by atoms with E-state index in [9.17, 15) is 9.18 Å². The Labute approximate surface area is 155 Å². The second kappa shape index (κ2) is 7.43. The molecule has 1 N–H and O–H groups in total. The van der Waals surface area contributed by atoms with Crippen molar-refractivity contribution in [2.75, 3.05) is 39.7 Å². The van der Waals surface area contributed by atoms with Crippen LogP contribution in [0.3, 0.4) is 0 Å². The molecule has 6 nitrogen and oxygen atoms in total. The van der Waals surface area contributed by atoms with E-state index in [1.54, 1.807) is 38.2 Å². The maximum atomic E-state index is 13.3. The minimum atomic E-state index is -0.293. The zero-order valence-electron chi connectivity index (χ0n) is 15.2. The van der Waals surface area contributed by atoms with Gasteiger partial charge in [-0.3, -0.25) is 9.20 Å².